The van der Waals surface area contributed by atoms with Gasteiger partial charge in [-0.15, -0.1) is 0 Å². The first kappa shape index (κ1) is 80.7. The molecular weight excluding hydrogens is 1230 g/mol. The number of hydrogen-bond acceptors (Lipinski definition) is 19. The minimum atomic E-state index is -1.83. The third-order valence-electron chi connectivity index (χ3n) is 13.4. The van der Waals surface area contributed by atoms with Crippen LogP contribution in [0.5, 0.6) is 0 Å². The number of carboxylic acid groups (broad SMARTS) is 2. The van der Waals surface area contributed by atoms with E-state index >= 15 is 0 Å². The van der Waals surface area contributed by atoms with Gasteiger partial charge in [-0.2, -0.15) is 23.5 Å². The highest BCUT2D eigenvalue weighted by atomic mass is 32.2. The molecule has 1 aromatic carbocycles. The summed E-state index contributed by atoms with van der Waals surface area (Å²) in [5, 5.41) is 56.0. The number of nitrogens with zero attached hydrogens (tertiary/aromatic N) is 1. The molecule has 0 fully saturated rings. The van der Waals surface area contributed by atoms with E-state index in [1.807, 2.05) is 0 Å². The van der Waals surface area contributed by atoms with Gasteiger partial charge in [0.25, 0.3) is 0 Å². The summed E-state index contributed by atoms with van der Waals surface area (Å²) in [4.78, 5) is 189. The van der Waals surface area contributed by atoms with Gasteiger partial charge in [0.05, 0.1) is 19.1 Å². The van der Waals surface area contributed by atoms with Gasteiger partial charge in [-0.05, 0) is 93.8 Å². The average Bonchev–Trinajstić information content (AvgIpc) is 1.27. The van der Waals surface area contributed by atoms with Crippen LogP contribution < -0.4 is 81.4 Å². The van der Waals surface area contributed by atoms with Crippen LogP contribution in [0.1, 0.15) is 98.5 Å². The van der Waals surface area contributed by atoms with Crippen molar-refractivity contribution in [3.8, 4) is 0 Å². The first-order valence-electron chi connectivity index (χ1n) is 29.2. The number of primary amides is 1. The summed E-state index contributed by atoms with van der Waals surface area (Å²) >= 11 is 2.66. The van der Waals surface area contributed by atoms with Crippen LogP contribution >= 0.6 is 23.5 Å². The van der Waals surface area contributed by atoms with Gasteiger partial charge in [-0.25, -0.2) is 0 Å². The Morgan fingerprint density at radius 2 is 0.956 bits per heavy atom. The van der Waals surface area contributed by atoms with E-state index in [4.69, 9.17) is 28.0 Å². The first-order valence-corrected chi connectivity index (χ1v) is 32.0. The minimum absolute atomic E-state index is 0.0000750. The molecule has 0 aliphatic heterocycles. The number of nitrogens with two attached hydrogens (primary N) is 4. The zero-order valence-electron chi connectivity index (χ0n) is 52.4. The topological polar surface area (TPSA) is 548 Å². The summed E-state index contributed by atoms with van der Waals surface area (Å²) in [5.41, 5.74) is 22.4. The van der Waals surface area contributed by atoms with E-state index in [2.05, 4.69) is 63.5 Å². The SMILES string of the molecule is CSCC[C@H](NC(=O)[C@H](CCSC)NC(=O)[C@H](CCC(N)=O)NC(=O)[C@H](CO)NC(=O)[C@@H](NC(=O)[C@H](Cc1ccccc1)NC(=O)[C@H](CC(C)C)NC(=O)[C@H](CC(=O)O)NC(=O)[C@H](C)NC(=O)[C@H](C)NC(=O)[C@@H](N)CCCN=C(N)N)C(C)C)C(=O)NCC(=O)O. The van der Waals surface area contributed by atoms with E-state index in [9.17, 15) is 77.3 Å². The van der Waals surface area contributed by atoms with E-state index < -0.39 is 188 Å². The highest BCUT2D eigenvalue weighted by molar-refractivity contribution is 7.98. The molecule has 0 aliphatic carbocycles. The molecule has 510 valence electrons. The number of carbonyl (C=O) groups excluding carboxylic acids is 12. The van der Waals surface area contributed by atoms with Crippen LogP contribution in [0, 0.1) is 11.8 Å². The van der Waals surface area contributed by atoms with Crippen molar-refractivity contribution >= 4 is 112 Å². The highest BCUT2D eigenvalue weighted by Gasteiger charge is 2.37. The third kappa shape index (κ3) is 32.3. The van der Waals surface area contributed by atoms with E-state index in [0.29, 0.717) is 23.5 Å². The normalized spacial score (nSPS) is 14.6. The fourth-order valence-corrected chi connectivity index (χ4v) is 9.28. The Morgan fingerprint density at radius 1 is 0.505 bits per heavy atom. The molecule has 0 heterocycles. The fourth-order valence-electron chi connectivity index (χ4n) is 8.34. The molecule has 35 heteroatoms. The number of rotatable bonds is 44. The number of carbonyl (C=O) groups is 14. The van der Waals surface area contributed by atoms with Crippen LogP contribution in [0.3, 0.4) is 0 Å². The number of aliphatic carboxylic acids is 2. The van der Waals surface area contributed by atoms with Crippen molar-refractivity contribution in [1.29, 1.82) is 0 Å². The molecule has 0 aliphatic rings. The maximum Gasteiger partial charge on any atom is 0.322 e. The van der Waals surface area contributed by atoms with E-state index in [-0.39, 0.29) is 50.5 Å². The molecule has 0 bridgehead atoms. The van der Waals surface area contributed by atoms with Crippen LogP contribution in [-0.2, 0) is 73.5 Å². The van der Waals surface area contributed by atoms with E-state index in [0.717, 1.165) is 0 Å². The Hall–Kier alpha value is -8.31. The molecule has 11 atom stereocenters. The molecule has 0 spiro atoms. The van der Waals surface area contributed by atoms with Crippen molar-refractivity contribution in [2.75, 3.05) is 43.7 Å². The lowest BCUT2D eigenvalue weighted by atomic mass is 9.99. The van der Waals surface area contributed by atoms with Crippen molar-refractivity contribution in [3.63, 3.8) is 0 Å². The van der Waals surface area contributed by atoms with Crippen LogP contribution in [0.2, 0.25) is 0 Å². The summed E-state index contributed by atoms with van der Waals surface area (Å²) in [6.45, 7) is 7.40. The van der Waals surface area contributed by atoms with Crippen molar-refractivity contribution in [2.45, 2.75) is 166 Å². The van der Waals surface area contributed by atoms with Crippen LogP contribution in [0.15, 0.2) is 35.3 Å². The smallest absolute Gasteiger partial charge is 0.322 e. The van der Waals surface area contributed by atoms with E-state index in [1.54, 1.807) is 56.7 Å². The zero-order valence-corrected chi connectivity index (χ0v) is 54.1. The first-order chi connectivity index (χ1) is 42.7. The molecule has 22 N–H and O–H groups in total. The Labute approximate surface area is 536 Å². The van der Waals surface area contributed by atoms with Gasteiger partial charge in [0.15, 0.2) is 5.96 Å². The Bertz CT molecular complexity index is 2670. The Balaban J connectivity index is 3.44. The summed E-state index contributed by atoms with van der Waals surface area (Å²) in [6.07, 6.45) is 1.89. The molecule has 1 aromatic rings. The molecule has 33 nitrogen and oxygen atoms in total. The van der Waals surface area contributed by atoms with Crippen LogP contribution in [0.4, 0.5) is 0 Å². The molecule has 0 radical (unpaired) electrons. The molecule has 0 saturated carbocycles. The van der Waals surface area contributed by atoms with Crippen molar-refractivity contribution in [1.82, 2.24) is 58.5 Å². The number of benzene rings is 1. The average molecular weight is 1330 g/mol. The quantitative estimate of drug-likeness (QED) is 0.0165. The molecular formula is C56H92N16O17S2. The molecule has 91 heavy (non-hydrogen) atoms. The molecule has 12 amide bonds. The van der Waals surface area contributed by atoms with Gasteiger partial charge >= 0.3 is 11.9 Å². The van der Waals surface area contributed by atoms with Crippen LogP contribution in [-0.4, -0.2) is 214 Å². The second-order valence-electron chi connectivity index (χ2n) is 22.0. The second-order valence-corrected chi connectivity index (χ2v) is 23.9. The van der Waals surface area contributed by atoms with Gasteiger partial charge < -0.3 is 96.7 Å². The summed E-state index contributed by atoms with van der Waals surface area (Å²) in [5.74, 6) is -14.7. The maximum absolute atomic E-state index is 14.4. The lowest BCUT2D eigenvalue weighted by Gasteiger charge is -2.29. The van der Waals surface area contributed by atoms with Crippen molar-refractivity contribution in [2.24, 2.45) is 39.8 Å². The van der Waals surface area contributed by atoms with Gasteiger partial charge in [-0.1, -0.05) is 58.0 Å². The Kier molecular flexibility index (Phi) is 37.8. The number of thioether (sulfide) groups is 2. The molecule has 0 unspecified atom stereocenters. The van der Waals surface area contributed by atoms with Gasteiger partial charge in [0.2, 0.25) is 70.9 Å². The van der Waals surface area contributed by atoms with Crippen LogP contribution in [0.25, 0.3) is 0 Å². The lowest BCUT2D eigenvalue weighted by Crippen LogP contribution is -2.62. The number of aliphatic hydroxyl groups excluding tert-OH is 1. The molecule has 0 saturated heterocycles. The largest absolute Gasteiger partial charge is 0.481 e. The number of nitrogens with one attached hydrogen (secondary N) is 11. The van der Waals surface area contributed by atoms with Crippen molar-refractivity contribution < 1.29 is 82.4 Å². The number of aliphatic imine (C=N–C) groups is 1. The predicted molar refractivity (Wildman–Crippen MR) is 337 cm³/mol. The number of aliphatic hydroxyl groups is 1. The standard InChI is InChI=1S/C56H92N16O17S2/c1-28(2)23-37(69-52(86)39(25-42(75)76)68-46(80)31(6)63-45(79)30(5)64-47(81)33(57)15-12-20-61-56(59)60)51(85)70-38(24-32-13-10-9-11-14-32)53(87)72-44(29(3)4)55(89)71-40(27-73)54(88)65-34(16-17-41(58)74)49(83)67-36(19-22-91-8)50(84)66-35(18-21-90-7)48(82)62-26-43(77)78/h9-11,13-14,28-31,33-40,44,73H,12,15-27,57H2,1-8H3,(H2,58,74)(H,62,82)(H,63,79)(H,64,81)(H,65,88)(H,66,84)(H,67,83)(H,68,80)(H,69,86)(H,70,85)(H,71,89)(H,72,87)(H,75,76)(H,77,78)(H4,59,60,61)/t30-,31-,33-,34-,35-,36-,37-,38-,39-,40-,44-/m0/s1. The number of carboxylic acids is 2. The summed E-state index contributed by atoms with van der Waals surface area (Å²) in [7, 11) is 0. The summed E-state index contributed by atoms with van der Waals surface area (Å²) < 4.78 is 0. The number of amides is 12. The predicted octanol–water partition coefficient (Wildman–Crippen LogP) is -5.36. The monoisotopic (exact) mass is 1320 g/mol. The highest BCUT2D eigenvalue weighted by Crippen LogP contribution is 2.13. The van der Waals surface area contributed by atoms with E-state index in [1.165, 1.54) is 51.2 Å². The van der Waals surface area contributed by atoms with Gasteiger partial charge in [-0.3, -0.25) is 72.1 Å². The second kappa shape index (κ2) is 42.6. The van der Waals surface area contributed by atoms with Crippen molar-refractivity contribution in [3.05, 3.63) is 35.9 Å². The molecule has 0 aromatic heterocycles. The zero-order chi connectivity index (χ0) is 69.1. The maximum atomic E-state index is 14.4. The number of hydrogen-bond donors (Lipinski definition) is 18. The Morgan fingerprint density at radius 3 is 1.45 bits per heavy atom. The minimum Gasteiger partial charge on any atom is -0.481 e. The van der Waals surface area contributed by atoms with Gasteiger partial charge in [0.1, 0.15) is 67.0 Å². The molecule has 1 rings (SSSR count). The lowest BCUT2D eigenvalue weighted by molar-refractivity contribution is -0.141. The third-order valence-corrected chi connectivity index (χ3v) is 14.6. The summed E-state index contributed by atoms with van der Waals surface area (Å²) in [6, 6.07) is -7.69. The number of guanidine groups is 1. The fraction of sp³-hybridized carbons (Fsp3) is 0.625. The van der Waals surface area contributed by atoms with Gasteiger partial charge in [0, 0.05) is 19.4 Å².